The van der Waals surface area contributed by atoms with Crippen LogP contribution in [0.3, 0.4) is 0 Å². The highest BCUT2D eigenvalue weighted by Crippen LogP contribution is 2.36. The molecule has 9 aromatic carbocycles. The van der Waals surface area contributed by atoms with Crippen LogP contribution in [-0.2, 0) is 0 Å². The minimum Gasteiger partial charge on any atom is -0.497 e. The lowest BCUT2D eigenvalue weighted by molar-refractivity contribution is 0.415. The molecule has 0 aliphatic heterocycles. The Morgan fingerprint density at radius 3 is 1.04 bits per heavy atom. The molecular weight excluding hydrogens is 1100 g/mol. The summed E-state index contributed by atoms with van der Waals surface area (Å²) in [5.74, 6) is 1.79. The Labute approximate surface area is 455 Å². The molecule has 0 unspecified atom stereocenters. The molecule has 4 nitrogen and oxygen atoms in total. The van der Waals surface area contributed by atoms with E-state index in [4.69, 9.17) is 20.6 Å². The smallest absolute Gasteiger partial charge is 0.180 e. The van der Waals surface area contributed by atoms with Gasteiger partial charge in [0.2, 0.25) is 0 Å². The van der Waals surface area contributed by atoms with E-state index in [1.807, 2.05) is 30.3 Å². The van der Waals surface area contributed by atoms with E-state index in [-0.39, 0.29) is 0 Å². The first-order valence-electron chi connectivity index (χ1n) is 24.6. The van der Waals surface area contributed by atoms with Crippen molar-refractivity contribution in [3.05, 3.63) is 221 Å². The molecule has 0 radical (unpaired) electrons. The number of aromatic nitrogens is 2. The van der Waals surface area contributed by atoms with Gasteiger partial charge < -0.3 is 18.6 Å². The van der Waals surface area contributed by atoms with Crippen LogP contribution in [0.2, 0.25) is 39.3 Å². The number of halogens is 3. The molecule has 0 amide bonds. The number of hydrogen-bond donors (Lipinski definition) is 0. The molecule has 0 fully saturated rings. The summed E-state index contributed by atoms with van der Waals surface area (Å²) in [4.78, 5) is 0. The lowest BCUT2D eigenvalue weighted by Gasteiger charge is -2.24. The van der Waals surface area contributed by atoms with Crippen molar-refractivity contribution in [3.8, 4) is 22.9 Å². The first-order chi connectivity index (χ1) is 35.0. The maximum Gasteiger partial charge on any atom is 0.180 e. The molecule has 368 valence electrons. The average Bonchev–Trinajstić information content (AvgIpc) is 3.90. The molecule has 11 aromatic rings. The lowest BCUT2D eigenvalue weighted by Crippen LogP contribution is -2.52. The van der Waals surface area contributed by atoms with E-state index in [0.717, 1.165) is 20.4 Å². The highest BCUT2D eigenvalue weighted by Gasteiger charge is 2.30. The second kappa shape index (κ2) is 21.5. The Hall–Kier alpha value is -5.92. The zero-order chi connectivity index (χ0) is 51.7. The van der Waals surface area contributed by atoms with Crippen LogP contribution < -0.4 is 35.4 Å². The standard InChI is InChI=1S/C36H37NOSi2.C18H11Br2N.C9H13ClOSi/c1-26-12-16-29(17-13-26)39(3,4)31-20-22-35-33(24-31)34-25-32(40(5,6)30-18-14-28(38-2)15-19-30)21-23-36(34)37(35)27-10-8-7-9-11-27;19-12-6-8-17-15(10-12)16-11-13(20)7-9-18(16)21(17)14-4-2-1-3-5-14;1-11-8-4-6-9(7-5-8)12(2,3)10/h7-25H,1-6H3;1-11H;4-7H,1-3H3. The van der Waals surface area contributed by atoms with Gasteiger partial charge >= 0.3 is 0 Å². The van der Waals surface area contributed by atoms with Crippen molar-refractivity contribution in [1.29, 1.82) is 0 Å². The van der Waals surface area contributed by atoms with Crippen molar-refractivity contribution >= 4 is 136 Å². The zero-order valence-electron chi connectivity index (χ0n) is 43.0. The summed E-state index contributed by atoms with van der Waals surface area (Å²) in [6, 6.07) is 74.4. The van der Waals surface area contributed by atoms with E-state index in [1.165, 1.54) is 86.5 Å². The molecule has 2 aromatic heterocycles. The molecule has 0 saturated carbocycles. The van der Waals surface area contributed by atoms with E-state index in [1.54, 1.807) is 14.2 Å². The third-order valence-corrected chi connectivity index (χ3v) is 24.7. The molecule has 0 saturated heterocycles. The molecule has 0 aliphatic rings. The quantitative estimate of drug-likeness (QED) is 0.106. The van der Waals surface area contributed by atoms with Crippen molar-refractivity contribution in [2.75, 3.05) is 14.2 Å². The summed E-state index contributed by atoms with van der Waals surface area (Å²) in [6.07, 6.45) is 0. The molecular formula is C63H61Br2ClN2O2Si3. The SMILES string of the molecule is Brc1ccc2c(c1)c1cc(Br)ccc1n2-c1ccccc1.COc1ccc([Si](C)(C)Cl)cc1.COc1ccc([Si](C)(C)c2ccc3c(c2)c2cc([Si](C)(C)c4ccc(C)cc4)ccc2n3-c2ccccc2)cc1. The first-order valence-corrected chi connectivity index (χ1v) is 36.2. The van der Waals surface area contributed by atoms with Gasteiger partial charge in [0.05, 0.1) is 36.3 Å². The van der Waals surface area contributed by atoms with Crippen LogP contribution in [0.4, 0.5) is 0 Å². The summed E-state index contributed by atoms with van der Waals surface area (Å²) < 4.78 is 17.4. The van der Waals surface area contributed by atoms with Crippen LogP contribution in [0.25, 0.3) is 55.0 Å². The minimum absolute atomic E-state index is 0.883. The van der Waals surface area contributed by atoms with Crippen molar-refractivity contribution < 1.29 is 9.47 Å². The van der Waals surface area contributed by atoms with Gasteiger partial charge in [0, 0.05) is 41.9 Å². The molecule has 0 N–H and O–H groups in total. The zero-order valence-corrected chi connectivity index (χ0v) is 49.9. The van der Waals surface area contributed by atoms with Crippen LogP contribution in [0.15, 0.2) is 215 Å². The van der Waals surface area contributed by atoms with E-state index in [9.17, 15) is 0 Å². The fraction of sp³-hybridized carbons (Fsp3) is 0.143. The fourth-order valence-electron chi connectivity index (χ4n) is 9.78. The van der Waals surface area contributed by atoms with Crippen LogP contribution in [0.1, 0.15) is 5.56 Å². The second-order valence-electron chi connectivity index (χ2n) is 20.2. The Morgan fingerprint density at radius 2 is 0.685 bits per heavy atom. The first kappa shape index (κ1) is 52.0. The predicted molar refractivity (Wildman–Crippen MR) is 331 cm³/mol. The van der Waals surface area contributed by atoms with Crippen LogP contribution in [0.5, 0.6) is 11.5 Å². The molecule has 2 heterocycles. The predicted octanol–water partition coefficient (Wildman–Crippen LogP) is 15.4. The minimum atomic E-state index is -1.93. The van der Waals surface area contributed by atoms with Gasteiger partial charge in [-0.05, 0) is 109 Å². The Balaban J connectivity index is 0.000000164. The Bertz CT molecular complexity index is 3640. The lowest BCUT2D eigenvalue weighted by atomic mass is 10.1. The van der Waals surface area contributed by atoms with Gasteiger partial charge in [-0.15, -0.1) is 0 Å². The Morgan fingerprint density at radius 1 is 0.370 bits per heavy atom. The summed E-state index contributed by atoms with van der Waals surface area (Å²) in [6.45, 7) is 16.2. The number of rotatable bonds is 9. The van der Waals surface area contributed by atoms with Crippen LogP contribution in [-0.4, -0.2) is 46.9 Å². The molecule has 0 bridgehead atoms. The normalized spacial score (nSPS) is 11.8. The fourth-order valence-corrected chi connectivity index (χ4v) is 16.5. The van der Waals surface area contributed by atoms with Crippen molar-refractivity contribution in [1.82, 2.24) is 9.13 Å². The number of hydrogen-bond acceptors (Lipinski definition) is 2. The number of ether oxygens (including phenoxy) is 2. The molecule has 10 heteroatoms. The summed E-state index contributed by atoms with van der Waals surface area (Å²) in [5.41, 5.74) is 8.66. The molecule has 0 atom stereocenters. The van der Waals surface area contributed by atoms with Gasteiger partial charge in [-0.2, -0.15) is 11.1 Å². The number of methoxy groups -OCH3 is 2. The second-order valence-corrected chi connectivity index (χ2v) is 37.2. The van der Waals surface area contributed by atoms with Crippen molar-refractivity contribution in [2.24, 2.45) is 0 Å². The summed E-state index contributed by atoms with van der Waals surface area (Å²) in [5, 5.41) is 12.2. The van der Waals surface area contributed by atoms with Gasteiger partial charge in [0.15, 0.2) is 7.38 Å². The summed E-state index contributed by atoms with van der Waals surface area (Å²) >= 11 is 13.4. The van der Waals surface area contributed by atoms with E-state index < -0.39 is 23.5 Å². The van der Waals surface area contributed by atoms with Crippen LogP contribution in [0, 0.1) is 6.92 Å². The molecule has 11 rings (SSSR count). The number of para-hydroxylation sites is 2. The Kier molecular flexibility index (Phi) is 15.3. The maximum absolute atomic E-state index is 6.25. The number of fused-ring (bicyclic) bond motifs is 6. The monoisotopic (exact) mass is 1150 g/mol. The highest BCUT2D eigenvalue weighted by molar-refractivity contribution is 9.10. The number of benzene rings is 9. The van der Waals surface area contributed by atoms with Crippen molar-refractivity contribution in [2.45, 2.75) is 46.2 Å². The van der Waals surface area contributed by atoms with E-state index >= 15 is 0 Å². The average molecular weight is 1160 g/mol. The number of aryl methyl sites for hydroxylation is 1. The third kappa shape index (κ3) is 10.9. The van der Waals surface area contributed by atoms with E-state index in [0.29, 0.717) is 0 Å². The highest BCUT2D eigenvalue weighted by atomic mass is 79.9. The molecule has 73 heavy (non-hydrogen) atoms. The van der Waals surface area contributed by atoms with Crippen molar-refractivity contribution in [3.63, 3.8) is 0 Å². The summed E-state index contributed by atoms with van der Waals surface area (Å²) in [7, 11) is -2.07. The third-order valence-electron chi connectivity index (χ3n) is 14.3. The van der Waals surface area contributed by atoms with Gasteiger partial charge in [0.25, 0.3) is 0 Å². The van der Waals surface area contributed by atoms with Gasteiger partial charge in [0.1, 0.15) is 27.6 Å². The molecule has 0 aliphatic carbocycles. The number of nitrogens with zero attached hydrogens (tertiary/aromatic N) is 2. The van der Waals surface area contributed by atoms with Gasteiger partial charge in [-0.1, -0.05) is 207 Å². The largest absolute Gasteiger partial charge is 0.497 e. The maximum atomic E-state index is 6.25. The van der Waals surface area contributed by atoms with E-state index in [2.05, 4.69) is 263 Å². The van der Waals surface area contributed by atoms with Crippen LogP contribution >= 0.6 is 42.9 Å². The topological polar surface area (TPSA) is 28.3 Å². The molecule has 0 spiro atoms. The van der Waals surface area contributed by atoms with Gasteiger partial charge in [-0.3, -0.25) is 0 Å². The van der Waals surface area contributed by atoms with Gasteiger partial charge in [-0.25, -0.2) is 0 Å².